The van der Waals surface area contributed by atoms with Gasteiger partial charge in [-0.3, -0.25) is 14.4 Å². The number of para-hydroxylation sites is 1. The molecular weight excluding hydrogens is 458 g/mol. The van der Waals surface area contributed by atoms with Gasteiger partial charge in [-0.25, -0.2) is 14.4 Å². The molecule has 0 unspecified atom stereocenters. The van der Waals surface area contributed by atoms with Gasteiger partial charge in [-0.1, -0.05) is 41.4 Å². The van der Waals surface area contributed by atoms with Crippen LogP contribution in [0.5, 0.6) is 5.75 Å². The fraction of sp³-hybridized carbons (Fsp3) is 0.130. The first kappa shape index (κ1) is 20.8. The van der Waals surface area contributed by atoms with Crippen LogP contribution in [0.1, 0.15) is 11.6 Å². The lowest BCUT2D eigenvalue weighted by molar-refractivity contribution is -0.126. The molecule has 3 aromatic carbocycles. The second-order valence-electron chi connectivity index (χ2n) is 7.47. The number of aromatic hydroxyl groups is 1. The van der Waals surface area contributed by atoms with Crippen molar-refractivity contribution in [2.75, 3.05) is 9.96 Å². The van der Waals surface area contributed by atoms with E-state index in [0.29, 0.717) is 5.69 Å². The van der Waals surface area contributed by atoms with Crippen molar-refractivity contribution in [3.8, 4) is 5.75 Å². The molecule has 3 aromatic rings. The van der Waals surface area contributed by atoms with Crippen LogP contribution in [0.15, 0.2) is 66.7 Å². The lowest BCUT2D eigenvalue weighted by Crippen LogP contribution is -2.37. The van der Waals surface area contributed by atoms with Crippen LogP contribution in [0, 0.1) is 11.7 Å². The average molecular weight is 473 g/mol. The van der Waals surface area contributed by atoms with E-state index in [0.717, 1.165) is 4.90 Å². The third kappa shape index (κ3) is 3.21. The Balaban J connectivity index is 1.64. The van der Waals surface area contributed by atoms with Crippen molar-refractivity contribution in [1.82, 2.24) is 0 Å². The second kappa shape index (κ2) is 7.78. The van der Waals surface area contributed by atoms with E-state index < -0.39 is 35.7 Å². The molecule has 5 rings (SSSR count). The summed E-state index contributed by atoms with van der Waals surface area (Å²) in [5.74, 6) is -2.86. The summed E-state index contributed by atoms with van der Waals surface area (Å²) in [6.45, 7) is 0. The SMILES string of the molecule is O=C1[C@H]2[C@@H](ON(c3ccccc3)[C@H]2c2cc(Cl)cc(Cl)c2O)C(=O)N1c1ccc(F)cc1. The second-order valence-corrected chi connectivity index (χ2v) is 8.32. The molecule has 162 valence electrons. The lowest BCUT2D eigenvalue weighted by atomic mass is 9.90. The van der Waals surface area contributed by atoms with Gasteiger partial charge >= 0.3 is 0 Å². The van der Waals surface area contributed by atoms with E-state index in [1.54, 1.807) is 24.3 Å². The Hall–Kier alpha value is -3.13. The molecule has 0 bridgehead atoms. The fourth-order valence-corrected chi connectivity index (χ4v) is 4.69. The lowest BCUT2D eigenvalue weighted by Gasteiger charge is -2.29. The van der Waals surface area contributed by atoms with Gasteiger partial charge in [0.2, 0.25) is 5.91 Å². The third-order valence-electron chi connectivity index (χ3n) is 5.59. The van der Waals surface area contributed by atoms with Gasteiger partial charge in [0, 0.05) is 10.6 Å². The van der Waals surface area contributed by atoms with Gasteiger partial charge in [0.15, 0.2) is 6.10 Å². The van der Waals surface area contributed by atoms with Gasteiger partial charge in [0.05, 0.1) is 22.4 Å². The number of phenols is 1. The molecule has 9 heteroatoms. The molecule has 1 N–H and O–H groups in total. The van der Waals surface area contributed by atoms with Crippen molar-refractivity contribution in [2.24, 2.45) is 5.92 Å². The Labute approximate surface area is 192 Å². The van der Waals surface area contributed by atoms with Gasteiger partial charge in [0.25, 0.3) is 5.91 Å². The standard InChI is InChI=1S/C23H15Cl2FN2O4/c24-12-10-16(20(29)17(25)11-12)19-18-21(32-28(19)15-4-2-1-3-5-15)23(31)27(22(18)30)14-8-6-13(26)7-9-14/h1-11,18-19,21,29H/t18-,19+,21-/m1/s1. The summed E-state index contributed by atoms with van der Waals surface area (Å²) in [5, 5.41) is 12.4. The van der Waals surface area contributed by atoms with Crippen LogP contribution < -0.4 is 9.96 Å². The summed E-state index contributed by atoms with van der Waals surface area (Å²) < 4.78 is 13.4. The normalized spacial score (nSPS) is 22.5. The Kier molecular flexibility index (Phi) is 5.04. The number of hydroxylamine groups is 1. The molecule has 2 fully saturated rings. The van der Waals surface area contributed by atoms with E-state index in [4.69, 9.17) is 28.0 Å². The van der Waals surface area contributed by atoms with Gasteiger partial charge in [-0.05, 0) is 48.5 Å². The van der Waals surface area contributed by atoms with Crippen molar-refractivity contribution in [1.29, 1.82) is 0 Å². The quantitative estimate of drug-likeness (QED) is 0.549. The summed E-state index contributed by atoms with van der Waals surface area (Å²) in [6.07, 6.45) is -1.14. The van der Waals surface area contributed by atoms with Crippen LogP contribution in [-0.4, -0.2) is 23.0 Å². The molecule has 0 aliphatic carbocycles. The van der Waals surface area contributed by atoms with Crippen LogP contribution in [0.3, 0.4) is 0 Å². The van der Waals surface area contributed by atoms with Crippen LogP contribution in [-0.2, 0) is 14.4 Å². The molecule has 0 spiro atoms. The number of carbonyl (C=O) groups is 2. The highest BCUT2D eigenvalue weighted by molar-refractivity contribution is 6.35. The van der Waals surface area contributed by atoms with Crippen LogP contribution in [0.4, 0.5) is 15.8 Å². The molecule has 3 atom stereocenters. The van der Waals surface area contributed by atoms with E-state index in [1.165, 1.54) is 41.5 Å². The fourth-order valence-electron chi connectivity index (χ4n) is 4.19. The van der Waals surface area contributed by atoms with Crippen LogP contribution >= 0.6 is 23.2 Å². The first-order valence-electron chi connectivity index (χ1n) is 9.69. The number of amides is 2. The predicted octanol–water partition coefficient (Wildman–Crippen LogP) is 4.89. The molecule has 6 nitrogen and oxygen atoms in total. The molecule has 2 heterocycles. The highest BCUT2D eigenvalue weighted by atomic mass is 35.5. The summed E-state index contributed by atoms with van der Waals surface area (Å²) in [5.41, 5.74) is 1.06. The zero-order valence-electron chi connectivity index (χ0n) is 16.3. The minimum absolute atomic E-state index is 0.0103. The Morgan fingerprint density at radius 3 is 2.28 bits per heavy atom. The number of anilines is 2. The van der Waals surface area contributed by atoms with E-state index in [1.807, 2.05) is 6.07 Å². The molecule has 0 saturated carbocycles. The molecule has 32 heavy (non-hydrogen) atoms. The zero-order chi connectivity index (χ0) is 22.6. The molecule has 0 aromatic heterocycles. The molecule has 2 amide bonds. The number of nitrogens with zero attached hydrogens (tertiary/aromatic N) is 2. The average Bonchev–Trinajstić information content (AvgIpc) is 3.28. The number of phenolic OH excluding ortho intramolecular Hbond substituents is 1. The van der Waals surface area contributed by atoms with Crippen LogP contribution in [0.2, 0.25) is 10.0 Å². The molecule has 2 aliphatic heterocycles. The van der Waals surface area contributed by atoms with Crippen molar-refractivity contribution >= 4 is 46.4 Å². The number of benzene rings is 3. The molecule has 2 aliphatic rings. The number of fused-ring (bicyclic) bond motifs is 1. The Morgan fingerprint density at radius 2 is 1.59 bits per heavy atom. The minimum Gasteiger partial charge on any atom is -0.506 e. The summed E-state index contributed by atoms with van der Waals surface area (Å²) in [7, 11) is 0. The van der Waals surface area contributed by atoms with Crippen molar-refractivity contribution in [3.63, 3.8) is 0 Å². The maximum atomic E-state index is 13.5. The van der Waals surface area contributed by atoms with E-state index >= 15 is 0 Å². The van der Waals surface area contributed by atoms with Crippen molar-refractivity contribution in [2.45, 2.75) is 12.1 Å². The summed E-state index contributed by atoms with van der Waals surface area (Å²) in [6, 6.07) is 15.9. The van der Waals surface area contributed by atoms with E-state index in [2.05, 4.69) is 0 Å². The Bertz CT molecular complexity index is 1220. The monoisotopic (exact) mass is 472 g/mol. The van der Waals surface area contributed by atoms with Gasteiger partial charge < -0.3 is 5.11 Å². The van der Waals surface area contributed by atoms with Crippen molar-refractivity contribution in [3.05, 3.63) is 88.2 Å². The number of carbonyl (C=O) groups excluding carboxylic acids is 2. The van der Waals surface area contributed by atoms with Crippen molar-refractivity contribution < 1.29 is 23.9 Å². The highest BCUT2D eigenvalue weighted by Gasteiger charge is 2.60. The van der Waals surface area contributed by atoms with Gasteiger partial charge in [0.1, 0.15) is 17.5 Å². The Morgan fingerprint density at radius 1 is 0.906 bits per heavy atom. The molecule has 0 radical (unpaired) electrons. The number of halogens is 3. The first-order valence-corrected chi connectivity index (χ1v) is 10.4. The smallest absolute Gasteiger partial charge is 0.266 e. The number of hydrogen-bond acceptors (Lipinski definition) is 5. The number of imide groups is 1. The molecular formula is C23H15Cl2FN2O4. The van der Waals surface area contributed by atoms with Gasteiger partial charge in [-0.2, -0.15) is 0 Å². The summed E-state index contributed by atoms with van der Waals surface area (Å²) in [4.78, 5) is 33.6. The number of hydrogen-bond donors (Lipinski definition) is 1. The maximum absolute atomic E-state index is 13.5. The maximum Gasteiger partial charge on any atom is 0.266 e. The molecule has 2 saturated heterocycles. The summed E-state index contributed by atoms with van der Waals surface area (Å²) >= 11 is 12.3. The first-order chi connectivity index (χ1) is 15.4. The van der Waals surface area contributed by atoms with Gasteiger partial charge in [-0.15, -0.1) is 0 Å². The predicted molar refractivity (Wildman–Crippen MR) is 117 cm³/mol. The largest absolute Gasteiger partial charge is 0.506 e. The minimum atomic E-state index is -1.14. The zero-order valence-corrected chi connectivity index (χ0v) is 17.8. The number of rotatable bonds is 3. The van der Waals surface area contributed by atoms with E-state index in [9.17, 15) is 19.1 Å². The third-order valence-corrected chi connectivity index (χ3v) is 6.09. The van der Waals surface area contributed by atoms with Crippen LogP contribution in [0.25, 0.3) is 0 Å². The van der Waals surface area contributed by atoms with E-state index in [-0.39, 0.29) is 27.0 Å². The highest BCUT2D eigenvalue weighted by Crippen LogP contribution is 2.50. The topological polar surface area (TPSA) is 70.1 Å².